The van der Waals surface area contributed by atoms with E-state index in [0.29, 0.717) is 0 Å². The lowest BCUT2D eigenvalue weighted by atomic mass is 10.0. The summed E-state index contributed by atoms with van der Waals surface area (Å²) < 4.78 is 11.9. The molecule has 2 aromatic rings. The second-order valence-corrected chi connectivity index (χ2v) is 11.1. The van der Waals surface area contributed by atoms with Crippen molar-refractivity contribution in [3.63, 3.8) is 0 Å². The quantitative estimate of drug-likeness (QED) is 0.123. The Kier molecular flexibility index (Phi) is 17.0. The van der Waals surface area contributed by atoms with E-state index in [1.807, 2.05) is 0 Å². The summed E-state index contributed by atoms with van der Waals surface area (Å²) in [4.78, 5) is 0. The highest BCUT2D eigenvalue weighted by Gasteiger charge is 2.18. The van der Waals surface area contributed by atoms with E-state index in [2.05, 4.69) is 62.4 Å². The van der Waals surface area contributed by atoms with Gasteiger partial charge in [-0.3, -0.25) is 0 Å². The molecule has 0 aliphatic heterocycles. The lowest BCUT2D eigenvalue weighted by Crippen LogP contribution is -2.02. The molecule has 2 atom stereocenters. The molecule has 0 aliphatic carbocycles. The Morgan fingerprint density at radius 2 is 0.778 bits per heavy atom. The van der Waals surface area contributed by atoms with Crippen LogP contribution in [0.1, 0.15) is 125 Å². The molecule has 36 heavy (non-hydrogen) atoms. The molecule has 2 aromatic carbocycles. The van der Waals surface area contributed by atoms with Gasteiger partial charge in [-0.05, 0) is 48.2 Å². The fraction of sp³-hybridized carbons (Fsp3) is 0.625. The van der Waals surface area contributed by atoms with Crippen molar-refractivity contribution >= 4 is 25.3 Å². The van der Waals surface area contributed by atoms with E-state index < -0.39 is 0 Å². The molecule has 0 N–H and O–H groups in total. The third-order valence-electron chi connectivity index (χ3n) is 6.78. The van der Waals surface area contributed by atoms with E-state index in [1.54, 1.807) is 0 Å². The number of hydrogen-bond acceptors (Lipinski definition) is 4. The van der Waals surface area contributed by atoms with Crippen LogP contribution >= 0.6 is 25.3 Å². The summed E-state index contributed by atoms with van der Waals surface area (Å²) in [7, 11) is 0. The van der Waals surface area contributed by atoms with Crippen molar-refractivity contribution in [2.24, 2.45) is 0 Å². The first-order valence-corrected chi connectivity index (χ1v) is 15.5. The second kappa shape index (κ2) is 19.8. The third-order valence-corrected chi connectivity index (χ3v) is 8.20. The Hall–Kier alpha value is -1.26. The molecule has 4 heteroatoms. The maximum atomic E-state index is 5.94. The Morgan fingerprint density at radius 3 is 1.11 bits per heavy atom. The number of thiol groups is 2. The summed E-state index contributed by atoms with van der Waals surface area (Å²) in [5, 5.41) is 0.00922. The van der Waals surface area contributed by atoms with Crippen LogP contribution in [-0.4, -0.2) is 13.2 Å². The fourth-order valence-electron chi connectivity index (χ4n) is 4.39. The van der Waals surface area contributed by atoms with E-state index in [0.717, 1.165) is 48.7 Å². The van der Waals surface area contributed by atoms with Crippen LogP contribution in [0.4, 0.5) is 0 Å². The van der Waals surface area contributed by atoms with Gasteiger partial charge in [0.05, 0.1) is 13.2 Å². The lowest BCUT2D eigenvalue weighted by Gasteiger charge is -2.20. The maximum absolute atomic E-state index is 5.94. The highest BCUT2D eigenvalue weighted by molar-refractivity contribution is 7.84. The van der Waals surface area contributed by atoms with Gasteiger partial charge < -0.3 is 9.47 Å². The Labute approximate surface area is 232 Å². The lowest BCUT2D eigenvalue weighted by molar-refractivity contribution is 0.304. The number of hydrogen-bond donors (Lipinski definition) is 2. The standard InChI is InChI=1S/C32H50O2S2/c1-3-5-7-9-11-13-15-25-33-29-21-17-27(18-22-29)31(35)32(36)28-19-23-30(24-20-28)34-26-16-14-12-10-8-6-4-2/h17-24,31-32,35-36H,3-16,25-26H2,1-2H3. The summed E-state index contributed by atoms with van der Waals surface area (Å²) in [6, 6.07) is 16.7. The van der Waals surface area contributed by atoms with Gasteiger partial charge in [-0.25, -0.2) is 0 Å². The minimum absolute atomic E-state index is 0.00461. The molecule has 0 fully saturated rings. The minimum atomic E-state index is 0.00461. The summed E-state index contributed by atoms with van der Waals surface area (Å²) in [5.74, 6) is 1.87. The first-order chi connectivity index (χ1) is 17.7. The van der Waals surface area contributed by atoms with Crippen molar-refractivity contribution in [1.29, 1.82) is 0 Å². The van der Waals surface area contributed by atoms with Gasteiger partial charge in [-0.15, -0.1) is 0 Å². The van der Waals surface area contributed by atoms with Gasteiger partial charge in [0.25, 0.3) is 0 Å². The van der Waals surface area contributed by atoms with Crippen LogP contribution in [0, 0.1) is 0 Å². The number of rotatable bonds is 21. The monoisotopic (exact) mass is 530 g/mol. The molecule has 0 radical (unpaired) electrons. The summed E-state index contributed by atoms with van der Waals surface area (Å²) in [5.41, 5.74) is 2.31. The molecular weight excluding hydrogens is 480 g/mol. The van der Waals surface area contributed by atoms with Crippen LogP contribution in [0.15, 0.2) is 48.5 Å². The zero-order valence-corrected chi connectivity index (χ0v) is 24.6. The fourth-order valence-corrected chi connectivity index (χ4v) is 5.07. The van der Waals surface area contributed by atoms with Gasteiger partial charge in [0.15, 0.2) is 0 Å². The highest BCUT2D eigenvalue weighted by atomic mass is 32.1. The Morgan fingerprint density at radius 1 is 0.472 bits per heavy atom. The number of benzene rings is 2. The van der Waals surface area contributed by atoms with E-state index in [4.69, 9.17) is 34.7 Å². The van der Waals surface area contributed by atoms with Gasteiger partial charge in [0, 0.05) is 10.5 Å². The van der Waals surface area contributed by atoms with Crippen LogP contribution in [0.25, 0.3) is 0 Å². The average molecular weight is 531 g/mol. The van der Waals surface area contributed by atoms with E-state index in [1.165, 1.54) is 77.0 Å². The molecule has 0 aliphatic rings. The molecule has 0 bridgehead atoms. The van der Waals surface area contributed by atoms with Gasteiger partial charge in [0.1, 0.15) is 11.5 Å². The van der Waals surface area contributed by atoms with Crippen molar-refractivity contribution in [1.82, 2.24) is 0 Å². The molecule has 2 nitrogen and oxygen atoms in total. The predicted molar refractivity (Wildman–Crippen MR) is 163 cm³/mol. The average Bonchev–Trinajstić information content (AvgIpc) is 2.91. The first-order valence-electron chi connectivity index (χ1n) is 14.5. The zero-order valence-electron chi connectivity index (χ0n) is 22.8. The van der Waals surface area contributed by atoms with E-state index in [-0.39, 0.29) is 10.5 Å². The van der Waals surface area contributed by atoms with Crippen LogP contribution in [0.2, 0.25) is 0 Å². The molecule has 0 saturated carbocycles. The molecule has 0 saturated heterocycles. The largest absolute Gasteiger partial charge is 0.494 e. The summed E-state index contributed by atoms with van der Waals surface area (Å²) in [6.07, 6.45) is 18.2. The third kappa shape index (κ3) is 12.8. The van der Waals surface area contributed by atoms with Gasteiger partial charge in [0.2, 0.25) is 0 Å². The predicted octanol–water partition coefficient (Wildman–Crippen LogP) is 10.6. The van der Waals surface area contributed by atoms with Crippen LogP contribution in [0.5, 0.6) is 11.5 Å². The van der Waals surface area contributed by atoms with Gasteiger partial charge in [-0.1, -0.05) is 115 Å². The van der Waals surface area contributed by atoms with Crippen molar-refractivity contribution < 1.29 is 9.47 Å². The van der Waals surface area contributed by atoms with E-state index in [9.17, 15) is 0 Å². The molecule has 202 valence electrons. The number of ether oxygens (including phenoxy) is 2. The highest BCUT2D eigenvalue weighted by Crippen LogP contribution is 2.39. The first kappa shape index (κ1) is 31.0. The SMILES string of the molecule is CCCCCCCCCOc1ccc(C(S)C(S)c2ccc(OCCCCCCCCC)cc2)cc1. The Balaban J connectivity index is 1.67. The molecule has 0 amide bonds. The number of unbranched alkanes of at least 4 members (excludes halogenated alkanes) is 12. The normalized spacial score (nSPS) is 12.9. The van der Waals surface area contributed by atoms with Crippen LogP contribution in [0.3, 0.4) is 0 Å². The summed E-state index contributed by atoms with van der Waals surface area (Å²) in [6.45, 7) is 6.10. The molecule has 0 spiro atoms. The molecular formula is C32H50O2S2. The van der Waals surface area contributed by atoms with Crippen molar-refractivity contribution in [2.45, 2.75) is 114 Å². The van der Waals surface area contributed by atoms with Crippen molar-refractivity contribution in [3.8, 4) is 11.5 Å². The van der Waals surface area contributed by atoms with Crippen molar-refractivity contribution in [3.05, 3.63) is 59.7 Å². The van der Waals surface area contributed by atoms with Gasteiger partial charge >= 0.3 is 0 Å². The van der Waals surface area contributed by atoms with Crippen LogP contribution in [-0.2, 0) is 0 Å². The minimum Gasteiger partial charge on any atom is -0.494 e. The topological polar surface area (TPSA) is 18.5 Å². The maximum Gasteiger partial charge on any atom is 0.119 e. The molecule has 2 rings (SSSR count). The second-order valence-electron chi connectivity index (χ2n) is 9.97. The van der Waals surface area contributed by atoms with Crippen molar-refractivity contribution in [2.75, 3.05) is 13.2 Å². The summed E-state index contributed by atoms with van der Waals surface area (Å²) >= 11 is 9.76. The smallest absolute Gasteiger partial charge is 0.119 e. The Bertz CT molecular complexity index is 708. The molecule has 2 unspecified atom stereocenters. The molecule has 0 aromatic heterocycles. The zero-order chi connectivity index (χ0) is 25.8. The molecule has 0 heterocycles. The van der Waals surface area contributed by atoms with Crippen LogP contribution < -0.4 is 9.47 Å². The van der Waals surface area contributed by atoms with E-state index >= 15 is 0 Å². The van der Waals surface area contributed by atoms with Gasteiger partial charge in [-0.2, -0.15) is 25.3 Å².